The van der Waals surface area contributed by atoms with Gasteiger partial charge in [0, 0.05) is 34.6 Å². The van der Waals surface area contributed by atoms with Gasteiger partial charge in [0.2, 0.25) is 0 Å². The summed E-state index contributed by atoms with van der Waals surface area (Å²) in [5.74, 6) is -2.97. The lowest BCUT2D eigenvalue weighted by atomic mass is 10.1. The fraction of sp³-hybridized carbons (Fsp3) is 0.152. The summed E-state index contributed by atoms with van der Waals surface area (Å²) >= 11 is 0. The van der Waals surface area contributed by atoms with Crippen molar-refractivity contribution in [3.63, 3.8) is 0 Å². The number of aromatic nitrogens is 5. The van der Waals surface area contributed by atoms with Crippen molar-refractivity contribution in [2.45, 2.75) is 13.1 Å². The molecule has 46 heavy (non-hydrogen) atoms. The molecule has 13 heteroatoms. The molecule has 0 saturated carbocycles. The van der Waals surface area contributed by atoms with Gasteiger partial charge in [0.15, 0.2) is 40.5 Å². The predicted octanol–water partition coefficient (Wildman–Crippen LogP) is 6.86. The number of benzene rings is 3. The molecule has 0 aliphatic rings. The van der Waals surface area contributed by atoms with Gasteiger partial charge in [-0.3, -0.25) is 9.67 Å². The fourth-order valence-corrected chi connectivity index (χ4v) is 5.10. The molecule has 0 saturated heterocycles. The molecule has 0 unspecified atom stereocenters. The molecule has 0 spiro atoms. The van der Waals surface area contributed by atoms with E-state index in [-0.39, 0.29) is 53.1 Å². The summed E-state index contributed by atoms with van der Waals surface area (Å²) in [6.07, 6.45) is 4.47. The Balaban J connectivity index is 1.50. The second kappa shape index (κ2) is 12.7. The quantitative estimate of drug-likeness (QED) is 0.152. The maximum Gasteiger partial charge on any atom is 0.183 e. The second-order valence-electron chi connectivity index (χ2n) is 9.98. The smallest absolute Gasteiger partial charge is 0.183 e. The Kier molecular flexibility index (Phi) is 8.38. The van der Waals surface area contributed by atoms with E-state index in [1.807, 2.05) is 0 Å². The number of ether oxygens (including phenoxy) is 3. The Bertz CT molecular complexity index is 2040. The molecule has 0 amide bonds. The van der Waals surface area contributed by atoms with Crippen molar-refractivity contribution in [3.05, 3.63) is 114 Å². The standard InChI is InChI=1S/C33H26F4N6O3/c1-44-26-10-8-23(34)21(29(26)36)17-42(19-12-14-38-15-13-19)33-28(46-3)16-39-32(40-33)31-20-6-4-5-7-25(20)43(41-31)18-22-24(35)9-11-27(45-2)30(22)37/h4-16H,17-18H2,1-3H3. The lowest BCUT2D eigenvalue weighted by Crippen LogP contribution is -2.21. The van der Waals surface area contributed by atoms with Gasteiger partial charge in [0.05, 0.1) is 46.1 Å². The average Bonchev–Trinajstić information content (AvgIpc) is 3.45. The normalized spacial score (nSPS) is 11.1. The van der Waals surface area contributed by atoms with Gasteiger partial charge in [-0.2, -0.15) is 5.10 Å². The summed E-state index contributed by atoms with van der Waals surface area (Å²) in [5.41, 5.74) is 0.860. The Hall–Kier alpha value is -5.72. The first kappa shape index (κ1) is 30.3. The zero-order valence-corrected chi connectivity index (χ0v) is 24.8. The van der Waals surface area contributed by atoms with Crippen LogP contribution in [0.4, 0.5) is 29.1 Å². The molecule has 0 N–H and O–H groups in total. The molecular weight excluding hydrogens is 604 g/mol. The van der Waals surface area contributed by atoms with E-state index in [0.29, 0.717) is 22.3 Å². The molecule has 0 fully saturated rings. The molecule has 6 aromatic rings. The largest absolute Gasteiger partial charge is 0.494 e. The van der Waals surface area contributed by atoms with Crippen LogP contribution in [0.25, 0.3) is 22.4 Å². The number of hydrogen-bond donors (Lipinski definition) is 0. The molecule has 3 aromatic heterocycles. The number of pyridine rings is 1. The average molecular weight is 631 g/mol. The molecule has 0 aliphatic carbocycles. The number of rotatable bonds is 10. The number of methoxy groups -OCH3 is 3. The molecule has 9 nitrogen and oxygen atoms in total. The van der Waals surface area contributed by atoms with Gasteiger partial charge >= 0.3 is 0 Å². The molecule has 6 rings (SSSR count). The molecule has 3 aromatic carbocycles. The summed E-state index contributed by atoms with van der Waals surface area (Å²) in [6, 6.07) is 15.1. The Morgan fingerprint density at radius 2 is 1.37 bits per heavy atom. The highest BCUT2D eigenvalue weighted by molar-refractivity contribution is 5.92. The maximum absolute atomic E-state index is 15.4. The number of anilines is 2. The van der Waals surface area contributed by atoms with E-state index in [1.54, 1.807) is 41.3 Å². The van der Waals surface area contributed by atoms with E-state index < -0.39 is 23.3 Å². The summed E-state index contributed by atoms with van der Waals surface area (Å²) in [5, 5.41) is 5.27. The van der Waals surface area contributed by atoms with Crippen molar-refractivity contribution in [2.75, 3.05) is 26.2 Å². The van der Waals surface area contributed by atoms with E-state index in [0.717, 1.165) is 12.1 Å². The van der Waals surface area contributed by atoms with Crippen LogP contribution in [0, 0.1) is 23.3 Å². The topological polar surface area (TPSA) is 87.4 Å². The van der Waals surface area contributed by atoms with E-state index in [9.17, 15) is 4.39 Å². The highest BCUT2D eigenvalue weighted by Gasteiger charge is 2.25. The summed E-state index contributed by atoms with van der Waals surface area (Å²) in [6.45, 7) is -0.564. The number of nitrogens with zero attached hydrogens (tertiary/aromatic N) is 6. The summed E-state index contributed by atoms with van der Waals surface area (Å²) < 4.78 is 77.5. The predicted molar refractivity (Wildman–Crippen MR) is 162 cm³/mol. The molecule has 0 atom stereocenters. The molecule has 0 aliphatic heterocycles. The van der Waals surface area contributed by atoms with Crippen LogP contribution in [0.5, 0.6) is 17.2 Å². The third kappa shape index (κ3) is 5.51. The Labute approximate surface area is 260 Å². The first-order valence-corrected chi connectivity index (χ1v) is 13.9. The first-order chi connectivity index (χ1) is 22.3. The highest BCUT2D eigenvalue weighted by atomic mass is 19.1. The zero-order chi connectivity index (χ0) is 32.4. The van der Waals surface area contributed by atoms with Crippen LogP contribution in [0.15, 0.2) is 79.3 Å². The Morgan fingerprint density at radius 1 is 0.739 bits per heavy atom. The van der Waals surface area contributed by atoms with Crippen molar-refractivity contribution in [3.8, 4) is 28.8 Å². The van der Waals surface area contributed by atoms with Crippen molar-refractivity contribution in [1.29, 1.82) is 0 Å². The van der Waals surface area contributed by atoms with Gasteiger partial charge in [0.1, 0.15) is 17.3 Å². The molecule has 0 bridgehead atoms. The molecular formula is C33H26F4N6O3. The molecule has 3 heterocycles. The van der Waals surface area contributed by atoms with Crippen molar-refractivity contribution in [2.24, 2.45) is 0 Å². The van der Waals surface area contributed by atoms with Crippen LogP contribution in [0.2, 0.25) is 0 Å². The zero-order valence-electron chi connectivity index (χ0n) is 24.8. The van der Waals surface area contributed by atoms with Crippen molar-refractivity contribution < 1.29 is 31.8 Å². The number of fused-ring (bicyclic) bond motifs is 1. The number of para-hydroxylation sites is 1. The lowest BCUT2D eigenvalue weighted by molar-refractivity contribution is 0.379. The minimum atomic E-state index is -0.864. The lowest BCUT2D eigenvalue weighted by Gasteiger charge is -2.26. The number of hydrogen-bond acceptors (Lipinski definition) is 8. The van der Waals surface area contributed by atoms with Crippen LogP contribution in [-0.2, 0) is 13.1 Å². The van der Waals surface area contributed by atoms with Gasteiger partial charge in [0.25, 0.3) is 0 Å². The van der Waals surface area contributed by atoms with Gasteiger partial charge in [-0.1, -0.05) is 18.2 Å². The van der Waals surface area contributed by atoms with E-state index in [1.165, 1.54) is 56.7 Å². The Morgan fingerprint density at radius 3 is 2.04 bits per heavy atom. The summed E-state index contributed by atoms with van der Waals surface area (Å²) in [4.78, 5) is 14.9. The van der Waals surface area contributed by atoms with Crippen LogP contribution < -0.4 is 19.1 Å². The minimum Gasteiger partial charge on any atom is -0.494 e. The van der Waals surface area contributed by atoms with Gasteiger partial charge in [-0.15, -0.1) is 0 Å². The monoisotopic (exact) mass is 630 g/mol. The van der Waals surface area contributed by atoms with Gasteiger partial charge in [-0.05, 0) is 42.5 Å². The second-order valence-corrected chi connectivity index (χ2v) is 9.98. The van der Waals surface area contributed by atoms with E-state index >= 15 is 13.2 Å². The van der Waals surface area contributed by atoms with E-state index in [4.69, 9.17) is 19.2 Å². The van der Waals surface area contributed by atoms with Crippen molar-refractivity contribution in [1.82, 2.24) is 24.7 Å². The van der Waals surface area contributed by atoms with Crippen LogP contribution in [0.3, 0.4) is 0 Å². The summed E-state index contributed by atoms with van der Waals surface area (Å²) in [7, 11) is 4.01. The third-order valence-electron chi connectivity index (χ3n) is 7.42. The van der Waals surface area contributed by atoms with Crippen molar-refractivity contribution >= 4 is 22.4 Å². The highest BCUT2D eigenvalue weighted by Crippen LogP contribution is 2.37. The third-order valence-corrected chi connectivity index (χ3v) is 7.42. The van der Waals surface area contributed by atoms with Crippen LogP contribution in [0.1, 0.15) is 11.1 Å². The molecule has 234 valence electrons. The SMILES string of the molecule is COc1cnc(-c2nn(Cc3c(F)ccc(OC)c3F)c3ccccc23)nc1N(Cc1c(F)ccc(OC)c1F)c1ccncc1. The van der Waals surface area contributed by atoms with Gasteiger partial charge < -0.3 is 19.1 Å². The first-order valence-electron chi connectivity index (χ1n) is 13.9. The van der Waals surface area contributed by atoms with Crippen LogP contribution in [-0.4, -0.2) is 46.1 Å². The van der Waals surface area contributed by atoms with Gasteiger partial charge in [-0.25, -0.2) is 27.5 Å². The minimum absolute atomic E-state index is 0.101. The fourth-order valence-electron chi connectivity index (χ4n) is 5.10. The maximum atomic E-state index is 15.4. The van der Waals surface area contributed by atoms with Crippen LogP contribution >= 0.6 is 0 Å². The number of halogens is 4. The molecule has 0 radical (unpaired) electrons. The van der Waals surface area contributed by atoms with E-state index in [2.05, 4.69) is 15.1 Å².